The van der Waals surface area contributed by atoms with Crippen molar-refractivity contribution in [3.05, 3.63) is 17.1 Å². The van der Waals surface area contributed by atoms with Gasteiger partial charge in [0.1, 0.15) is 11.9 Å². The summed E-state index contributed by atoms with van der Waals surface area (Å²) in [7, 11) is 0. The van der Waals surface area contributed by atoms with E-state index in [9.17, 15) is 0 Å². The van der Waals surface area contributed by atoms with Crippen LogP contribution in [0.2, 0.25) is 0 Å². The average molecular weight is 231 g/mol. The predicted molar refractivity (Wildman–Crippen MR) is 65.5 cm³/mol. The molecule has 0 atom stereocenters. The zero-order valence-corrected chi connectivity index (χ0v) is 10.2. The molecule has 1 aromatic rings. The molecule has 0 amide bonds. The molecule has 1 aliphatic heterocycles. The largest absolute Gasteiger partial charge is 0.369 e. The van der Waals surface area contributed by atoms with E-state index in [1.165, 1.54) is 0 Å². The first-order chi connectivity index (χ1) is 8.20. The molecule has 17 heavy (non-hydrogen) atoms. The van der Waals surface area contributed by atoms with Crippen LogP contribution in [0.25, 0.3) is 0 Å². The molecule has 2 heterocycles. The predicted octanol–water partition coefficient (Wildman–Crippen LogP) is 1.06. The number of hydrogen-bond donors (Lipinski definition) is 2. The lowest BCUT2D eigenvalue weighted by Gasteiger charge is -2.20. The molecule has 5 heteroatoms. The van der Waals surface area contributed by atoms with Gasteiger partial charge in [-0.25, -0.2) is 9.97 Å². The van der Waals surface area contributed by atoms with Crippen molar-refractivity contribution in [2.75, 3.05) is 18.4 Å². The zero-order chi connectivity index (χ0) is 12.3. The summed E-state index contributed by atoms with van der Waals surface area (Å²) >= 11 is 0. The molecule has 90 valence electrons. The maximum atomic E-state index is 8.92. The summed E-state index contributed by atoms with van der Waals surface area (Å²) in [5, 5.41) is 15.5. The number of fused-ring (bicyclic) bond motifs is 1. The summed E-state index contributed by atoms with van der Waals surface area (Å²) in [6, 6.07) is 2.02. The highest BCUT2D eigenvalue weighted by Gasteiger charge is 2.17. The highest BCUT2D eigenvalue weighted by molar-refractivity contribution is 5.48. The number of nitrogens with zero attached hydrogens (tertiary/aromatic N) is 3. The van der Waals surface area contributed by atoms with Crippen LogP contribution in [0.3, 0.4) is 0 Å². The lowest BCUT2D eigenvalue weighted by Crippen LogP contribution is -2.27. The van der Waals surface area contributed by atoms with Gasteiger partial charge in [-0.2, -0.15) is 5.26 Å². The molecule has 1 aliphatic rings. The van der Waals surface area contributed by atoms with Gasteiger partial charge in [-0.3, -0.25) is 0 Å². The summed E-state index contributed by atoms with van der Waals surface area (Å²) < 4.78 is 0. The Morgan fingerprint density at radius 2 is 2.29 bits per heavy atom. The van der Waals surface area contributed by atoms with E-state index in [-0.39, 0.29) is 5.82 Å². The van der Waals surface area contributed by atoms with E-state index in [4.69, 9.17) is 5.26 Å². The lowest BCUT2D eigenvalue weighted by molar-refractivity contribution is 0.622. The minimum Gasteiger partial charge on any atom is -0.369 e. The Kier molecular flexibility index (Phi) is 3.55. The summed E-state index contributed by atoms with van der Waals surface area (Å²) in [5.74, 6) is 1.62. The Hall–Kier alpha value is -1.67. The Morgan fingerprint density at radius 1 is 1.47 bits per heavy atom. The van der Waals surface area contributed by atoms with Crippen LogP contribution in [-0.4, -0.2) is 23.1 Å². The van der Waals surface area contributed by atoms with Crippen LogP contribution in [0.4, 0.5) is 5.82 Å². The third-order valence-electron chi connectivity index (χ3n) is 2.71. The van der Waals surface area contributed by atoms with Crippen LogP contribution in [0.15, 0.2) is 0 Å². The first-order valence-corrected chi connectivity index (χ1v) is 5.95. The molecule has 0 bridgehead atoms. The van der Waals surface area contributed by atoms with Crippen molar-refractivity contribution < 1.29 is 0 Å². The minimum atomic E-state index is 0.261. The summed E-state index contributed by atoms with van der Waals surface area (Å²) in [6.07, 6.45) is 0.864. The Bertz CT molecular complexity index is 447. The number of nitrogens with one attached hydrogen (secondary N) is 2. The van der Waals surface area contributed by atoms with Gasteiger partial charge in [0.2, 0.25) is 5.82 Å². The second-order valence-electron chi connectivity index (χ2n) is 4.63. The SMILES string of the molecule is CC(C)CNc1nc(C#N)nc2c1CNCC2. The van der Waals surface area contributed by atoms with Gasteiger partial charge in [0.15, 0.2) is 0 Å². The molecule has 0 unspecified atom stereocenters. The smallest absolute Gasteiger partial charge is 0.234 e. The molecule has 5 nitrogen and oxygen atoms in total. The Morgan fingerprint density at radius 3 is 3.00 bits per heavy atom. The van der Waals surface area contributed by atoms with Crippen molar-refractivity contribution in [3.63, 3.8) is 0 Å². The third-order valence-corrected chi connectivity index (χ3v) is 2.71. The van der Waals surface area contributed by atoms with Crippen LogP contribution in [0.5, 0.6) is 0 Å². The van der Waals surface area contributed by atoms with E-state index < -0.39 is 0 Å². The van der Waals surface area contributed by atoms with Gasteiger partial charge in [0.25, 0.3) is 0 Å². The van der Waals surface area contributed by atoms with E-state index in [0.29, 0.717) is 5.92 Å². The molecule has 1 aromatic heterocycles. The maximum Gasteiger partial charge on any atom is 0.234 e. The average Bonchev–Trinajstić information content (AvgIpc) is 2.35. The van der Waals surface area contributed by atoms with Crippen LogP contribution in [-0.2, 0) is 13.0 Å². The molecule has 0 fully saturated rings. The molecule has 0 spiro atoms. The van der Waals surface area contributed by atoms with Crippen LogP contribution >= 0.6 is 0 Å². The van der Waals surface area contributed by atoms with Crippen molar-refractivity contribution in [2.24, 2.45) is 5.92 Å². The van der Waals surface area contributed by atoms with E-state index in [1.54, 1.807) is 0 Å². The molecule has 0 radical (unpaired) electrons. The Balaban J connectivity index is 2.31. The third kappa shape index (κ3) is 2.71. The van der Waals surface area contributed by atoms with Crippen LogP contribution in [0, 0.1) is 17.2 Å². The van der Waals surface area contributed by atoms with Crippen LogP contribution in [0.1, 0.15) is 30.9 Å². The molecule has 2 rings (SSSR count). The summed E-state index contributed by atoms with van der Waals surface area (Å²) in [4.78, 5) is 8.52. The number of rotatable bonds is 3. The van der Waals surface area contributed by atoms with E-state index >= 15 is 0 Å². The second kappa shape index (κ2) is 5.11. The van der Waals surface area contributed by atoms with Gasteiger partial charge in [-0.1, -0.05) is 13.8 Å². The first-order valence-electron chi connectivity index (χ1n) is 5.95. The van der Waals surface area contributed by atoms with Gasteiger partial charge in [-0.15, -0.1) is 0 Å². The van der Waals surface area contributed by atoms with Gasteiger partial charge < -0.3 is 10.6 Å². The molecule has 2 N–H and O–H groups in total. The Labute approximate surface area is 101 Å². The van der Waals surface area contributed by atoms with Gasteiger partial charge in [0, 0.05) is 31.6 Å². The highest BCUT2D eigenvalue weighted by Crippen LogP contribution is 2.20. The maximum absolute atomic E-state index is 8.92. The molecule has 0 aliphatic carbocycles. The molecular weight excluding hydrogens is 214 g/mol. The van der Waals surface area contributed by atoms with Crippen molar-refractivity contribution in [1.29, 1.82) is 5.26 Å². The number of hydrogen-bond acceptors (Lipinski definition) is 5. The van der Waals surface area contributed by atoms with Gasteiger partial charge in [0.05, 0.1) is 5.69 Å². The minimum absolute atomic E-state index is 0.261. The number of aromatic nitrogens is 2. The second-order valence-corrected chi connectivity index (χ2v) is 4.63. The zero-order valence-electron chi connectivity index (χ0n) is 10.2. The van der Waals surface area contributed by atoms with E-state index in [1.807, 2.05) is 6.07 Å². The van der Waals surface area contributed by atoms with Crippen molar-refractivity contribution >= 4 is 5.82 Å². The quantitative estimate of drug-likeness (QED) is 0.813. The fourth-order valence-corrected chi connectivity index (χ4v) is 1.84. The highest BCUT2D eigenvalue weighted by atomic mass is 15.1. The number of anilines is 1. The van der Waals surface area contributed by atoms with Gasteiger partial charge >= 0.3 is 0 Å². The monoisotopic (exact) mass is 231 g/mol. The van der Waals surface area contributed by atoms with Crippen LogP contribution < -0.4 is 10.6 Å². The normalized spacial score (nSPS) is 14.2. The van der Waals surface area contributed by atoms with Crippen molar-refractivity contribution in [3.8, 4) is 6.07 Å². The van der Waals surface area contributed by atoms with Crippen molar-refractivity contribution in [1.82, 2.24) is 15.3 Å². The summed E-state index contributed by atoms with van der Waals surface area (Å²) in [5.41, 5.74) is 2.11. The lowest BCUT2D eigenvalue weighted by atomic mass is 10.1. The van der Waals surface area contributed by atoms with E-state index in [2.05, 4.69) is 34.4 Å². The standard InChI is InChI=1S/C12H17N5/c1-8(2)6-15-12-9-7-14-4-3-10(9)16-11(5-13)17-12/h8,14H,3-4,6-7H2,1-2H3,(H,15,16,17). The molecule has 0 saturated heterocycles. The molecule has 0 aromatic carbocycles. The molecular formula is C12H17N5. The fourth-order valence-electron chi connectivity index (χ4n) is 1.84. The van der Waals surface area contributed by atoms with Gasteiger partial charge in [-0.05, 0) is 5.92 Å². The van der Waals surface area contributed by atoms with E-state index in [0.717, 1.165) is 43.1 Å². The molecule has 0 saturated carbocycles. The van der Waals surface area contributed by atoms with Crippen molar-refractivity contribution in [2.45, 2.75) is 26.8 Å². The summed E-state index contributed by atoms with van der Waals surface area (Å²) in [6.45, 7) is 6.84. The number of nitriles is 1. The fraction of sp³-hybridized carbons (Fsp3) is 0.583. The first kappa shape index (κ1) is 11.8. The topological polar surface area (TPSA) is 73.6 Å².